The minimum Gasteiger partial charge on any atom is -0.476 e. The number of aryl methyl sites for hydroxylation is 1. The highest BCUT2D eigenvalue weighted by Gasteiger charge is 2.10. The first-order valence-corrected chi connectivity index (χ1v) is 4.04. The number of ether oxygens (including phenoxy) is 1. The lowest BCUT2D eigenvalue weighted by atomic mass is 10.1. The van der Waals surface area contributed by atoms with Gasteiger partial charge in [0.15, 0.2) is 5.90 Å². The highest BCUT2D eigenvalue weighted by atomic mass is 16.5. The second-order valence-corrected chi connectivity index (χ2v) is 2.99. The van der Waals surface area contributed by atoms with Gasteiger partial charge >= 0.3 is 0 Å². The van der Waals surface area contributed by atoms with Crippen molar-refractivity contribution in [1.29, 1.82) is 0 Å². The van der Waals surface area contributed by atoms with Crippen LogP contribution >= 0.6 is 0 Å². The predicted molar refractivity (Wildman–Crippen MR) is 48.7 cm³/mol. The van der Waals surface area contributed by atoms with Crippen LogP contribution in [0.1, 0.15) is 18.1 Å². The Kier molecular flexibility index (Phi) is 1.61. The topological polar surface area (TPSA) is 21.6 Å². The molecule has 0 unspecified atom stereocenters. The number of hydrogen-bond donors (Lipinski definition) is 0. The van der Waals surface area contributed by atoms with Crippen LogP contribution in [0.2, 0.25) is 0 Å². The van der Waals surface area contributed by atoms with Crippen LogP contribution in [-0.4, -0.2) is 5.90 Å². The SMILES string of the molecule is CC1=Nc2cccc(C)c2CO1. The van der Waals surface area contributed by atoms with Gasteiger partial charge in [-0.1, -0.05) is 12.1 Å². The fourth-order valence-corrected chi connectivity index (χ4v) is 1.36. The number of hydrogen-bond acceptors (Lipinski definition) is 2. The lowest BCUT2D eigenvalue weighted by molar-refractivity contribution is 0.284. The third-order valence-electron chi connectivity index (χ3n) is 2.09. The Balaban J connectivity index is 2.57. The lowest BCUT2D eigenvalue weighted by Gasteiger charge is -2.15. The molecule has 0 bridgehead atoms. The number of rotatable bonds is 0. The van der Waals surface area contributed by atoms with Gasteiger partial charge < -0.3 is 4.74 Å². The second kappa shape index (κ2) is 2.63. The van der Waals surface area contributed by atoms with E-state index in [1.54, 1.807) is 0 Å². The van der Waals surface area contributed by atoms with E-state index in [-0.39, 0.29) is 0 Å². The Morgan fingerprint density at radius 3 is 3.00 bits per heavy atom. The van der Waals surface area contributed by atoms with Crippen LogP contribution in [0.3, 0.4) is 0 Å². The Bertz CT molecular complexity index is 342. The third kappa shape index (κ3) is 1.09. The average Bonchev–Trinajstić information content (AvgIpc) is 2.04. The molecule has 1 heterocycles. The zero-order valence-electron chi connectivity index (χ0n) is 7.29. The maximum Gasteiger partial charge on any atom is 0.185 e. The maximum absolute atomic E-state index is 5.34. The fraction of sp³-hybridized carbons (Fsp3) is 0.300. The number of benzene rings is 1. The van der Waals surface area contributed by atoms with Crippen LogP contribution in [0.5, 0.6) is 0 Å². The van der Waals surface area contributed by atoms with E-state index in [0.717, 1.165) is 11.6 Å². The highest BCUT2D eigenvalue weighted by molar-refractivity contribution is 5.79. The Morgan fingerprint density at radius 2 is 2.17 bits per heavy atom. The van der Waals surface area contributed by atoms with E-state index in [4.69, 9.17) is 4.74 Å². The summed E-state index contributed by atoms with van der Waals surface area (Å²) in [5.41, 5.74) is 3.52. The summed E-state index contributed by atoms with van der Waals surface area (Å²) in [6.07, 6.45) is 0. The number of aliphatic imine (C=N–C) groups is 1. The normalized spacial score (nSPS) is 14.7. The van der Waals surface area contributed by atoms with Gasteiger partial charge in [-0.05, 0) is 18.6 Å². The van der Waals surface area contributed by atoms with E-state index < -0.39 is 0 Å². The van der Waals surface area contributed by atoms with Gasteiger partial charge in [0, 0.05) is 12.5 Å². The molecule has 0 radical (unpaired) electrons. The summed E-state index contributed by atoms with van der Waals surface area (Å²) in [4.78, 5) is 4.30. The molecule has 2 heteroatoms. The van der Waals surface area contributed by atoms with Gasteiger partial charge in [0.2, 0.25) is 0 Å². The molecule has 0 aliphatic carbocycles. The number of nitrogens with zero attached hydrogens (tertiary/aromatic N) is 1. The molecule has 0 spiro atoms. The summed E-state index contributed by atoms with van der Waals surface area (Å²) in [5, 5.41) is 0. The van der Waals surface area contributed by atoms with E-state index in [9.17, 15) is 0 Å². The van der Waals surface area contributed by atoms with Crippen molar-refractivity contribution in [2.75, 3.05) is 0 Å². The molecule has 1 aliphatic heterocycles. The molecule has 0 amide bonds. The summed E-state index contributed by atoms with van der Waals surface area (Å²) in [7, 11) is 0. The molecular weight excluding hydrogens is 150 g/mol. The van der Waals surface area contributed by atoms with E-state index in [1.807, 2.05) is 19.1 Å². The molecule has 2 nitrogen and oxygen atoms in total. The minimum atomic E-state index is 0.664. The summed E-state index contributed by atoms with van der Waals surface area (Å²) < 4.78 is 5.34. The smallest absolute Gasteiger partial charge is 0.185 e. The van der Waals surface area contributed by atoms with Crippen molar-refractivity contribution in [2.24, 2.45) is 4.99 Å². The van der Waals surface area contributed by atoms with Crippen molar-refractivity contribution < 1.29 is 4.74 Å². The van der Waals surface area contributed by atoms with Gasteiger partial charge in [-0.3, -0.25) is 0 Å². The van der Waals surface area contributed by atoms with E-state index in [0.29, 0.717) is 6.61 Å². The van der Waals surface area contributed by atoms with Crippen molar-refractivity contribution in [1.82, 2.24) is 0 Å². The van der Waals surface area contributed by atoms with Crippen LogP contribution in [0, 0.1) is 6.92 Å². The molecule has 0 saturated carbocycles. The summed E-state index contributed by atoms with van der Waals surface area (Å²) >= 11 is 0. The summed E-state index contributed by atoms with van der Waals surface area (Å²) in [5.74, 6) is 0.758. The van der Waals surface area contributed by atoms with Crippen molar-refractivity contribution in [3.05, 3.63) is 29.3 Å². The summed E-state index contributed by atoms with van der Waals surface area (Å²) in [6.45, 7) is 4.63. The highest BCUT2D eigenvalue weighted by Crippen LogP contribution is 2.26. The Hall–Kier alpha value is -1.31. The number of fused-ring (bicyclic) bond motifs is 1. The van der Waals surface area contributed by atoms with Crippen molar-refractivity contribution in [3.63, 3.8) is 0 Å². The van der Waals surface area contributed by atoms with Gasteiger partial charge in [0.1, 0.15) is 6.61 Å². The van der Waals surface area contributed by atoms with Gasteiger partial charge in [-0.25, -0.2) is 4.99 Å². The van der Waals surface area contributed by atoms with Gasteiger partial charge in [-0.15, -0.1) is 0 Å². The standard InChI is InChI=1S/C10H11NO/c1-7-4-3-5-10-9(7)6-12-8(2)11-10/h3-5H,6H2,1-2H3. The molecule has 2 rings (SSSR count). The van der Waals surface area contributed by atoms with Crippen LogP contribution in [0.25, 0.3) is 0 Å². The second-order valence-electron chi connectivity index (χ2n) is 2.99. The van der Waals surface area contributed by atoms with E-state index in [2.05, 4.69) is 18.0 Å². The van der Waals surface area contributed by atoms with E-state index in [1.165, 1.54) is 11.1 Å². The van der Waals surface area contributed by atoms with E-state index >= 15 is 0 Å². The minimum absolute atomic E-state index is 0.664. The van der Waals surface area contributed by atoms with Gasteiger partial charge in [0.25, 0.3) is 0 Å². The van der Waals surface area contributed by atoms with Crippen molar-refractivity contribution in [2.45, 2.75) is 20.5 Å². The molecule has 0 aromatic heterocycles. The lowest BCUT2D eigenvalue weighted by Crippen LogP contribution is -2.06. The quantitative estimate of drug-likeness (QED) is 0.573. The molecule has 0 atom stereocenters. The molecule has 62 valence electrons. The van der Waals surface area contributed by atoms with Gasteiger partial charge in [-0.2, -0.15) is 0 Å². The van der Waals surface area contributed by atoms with Crippen molar-refractivity contribution in [3.8, 4) is 0 Å². The first-order valence-electron chi connectivity index (χ1n) is 4.04. The summed E-state index contributed by atoms with van der Waals surface area (Å²) in [6, 6.07) is 6.13. The van der Waals surface area contributed by atoms with Gasteiger partial charge in [0.05, 0.1) is 5.69 Å². The maximum atomic E-state index is 5.34. The largest absolute Gasteiger partial charge is 0.476 e. The molecule has 12 heavy (non-hydrogen) atoms. The monoisotopic (exact) mass is 161 g/mol. The molecule has 1 aromatic rings. The zero-order valence-corrected chi connectivity index (χ0v) is 7.29. The third-order valence-corrected chi connectivity index (χ3v) is 2.09. The Labute approximate surface area is 71.9 Å². The molecular formula is C10H11NO. The molecule has 1 aliphatic rings. The first kappa shape index (κ1) is 7.35. The van der Waals surface area contributed by atoms with Crippen LogP contribution in [-0.2, 0) is 11.3 Å². The molecule has 0 N–H and O–H groups in total. The average molecular weight is 161 g/mol. The fourth-order valence-electron chi connectivity index (χ4n) is 1.36. The molecule has 0 fully saturated rings. The van der Waals surface area contributed by atoms with Crippen LogP contribution in [0.15, 0.2) is 23.2 Å². The molecule has 0 saturated heterocycles. The van der Waals surface area contributed by atoms with Crippen LogP contribution in [0.4, 0.5) is 5.69 Å². The Morgan fingerprint density at radius 1 is 1.33 bits per heavy atom. The molecule has 1 aromatic carbocycles. The zero-order chi connectivity index (χ0) is 8.55. The van der Waals surface area contributed by atoms with Crippen molar-refractivity contribution >= 4 is 11.6 Å². The first-order chi connectivity index (χ1) is 5.77. The predicted octanol–water partition coefficient (Wildman–Crippen LogP) is 2.58. The van der Waals surface area contributed by atoms with Crippen LogP contribution < -0.4 is 0 Å².